The Kier molecular flexibility index (Phi) is 4.70. The van der Waals surface area contributed by atoms with Crippen LogP contribution in [0, 0.1) is 6.92 Å². The van der Waals surface area contributed by atoms with Crippen molar-refractivity contribution in [1.82, 2.24) is 10.3 Å². The van der Waals surface area contributed by atoms with E-state index in [0.717, 1.165) is 25.1 Å². The largest absolute Gasteiger partial charge is 0.376 e. The molecule has 3 rings (SSSR count). The Morgan fingerprint density at radius 3 is 3.18 bits per heavy atom. The summed E-state index contributed by atoms with van der Waals surface area (Å²) >= 11 is 1.42. The summed E-state index contributed by atoms with van der Waals surface area (Å²) in [4.78, 5) is 16.4. The maximum atomic E-state index is 12.1. The van der Waals surface area contributed by atoms with Crippen molar-refractivity contribution in [1.29, 1.82) is 0 Å². The van der Waals surface area contributed by atoms with E-state index in [1.165, 1.54) is 16.9 Å². The Hall–Kier alpha value is -1.92. The molecule has 1 saturated heterocycles. The molecule has 0 spiro atoms. The molecule has 0 saturated carbocycles. The summed E-state index contributed by atoms with van der Waals surface area (Å²) in [6.45, 7) is 3.38. The number of aromatic nitrogens is 1. The summed E-state index contributed by atoms with van der Waals surface area (Å²) in [6.07, 6.45) is 2.23. The molecule has 22 heavy (non-hydrogen) atoms. The van der Waals surface area contributed by atoms with Gasteiger partial charge in [0.25, 0.3) is 5.91 Å². The van der Waals surface area contributed by atoms with Crippen molar-refractivity contribution in [2.24, 2.45) is 0 Å². The summed E-state index contributed by atoms with van der Waals surface area (Å²) in [7, 11) is 0. The SMILES string of the molecule is Cc1cccc(Nc2nc(C(=O)NCC3CCCO3)cs2)c1. The first-order valence-electron chi connectivity index (χ1n) is 7.40. The van der Waals surface area contributed by atoms with Crippen LogP contribution in [0.5, 0.6) is 0 Å². The molecule has 6 heteroatoms. The van der Waals surface area contributed by atoms with Gasteiger partial charge in [0.2, 0.25) is 0 Å². The van der Waals surface area contributed by atoms with Crippen LogP contribution in [-0.2, 0) is 4.74 Å². The lowest BCUT2D eigenvalue weighted by molar-refractivity contribution is 0.0854. The van der Waals surface area contributed by atoms with Gasteiger partial charge in [-0.1, -0.05) is 12.1 Å². The molecule has 2 N–H and O–H groups in total. The van der Waals surface area contributed by atoms with E-state index in [1.807, 2.05) is 31.2 Å². The molecule has 1 aromatic heterocycles. The van der Waals surface area contributed by atoms with Crippen LogP contribution in [0.1, 0.15) is 28.9 Å². The van der Waals surface area contributed by atoms with Crippen molar-refractivity contribution in [3.05, 3.63) is 40.9 Å². The Labute approximate surface area is 133 Å². The lowest BCUT2D eigenvalue weighted by atomic mass is 10.2. The van der Waals surface area contributed by atoms with Crippen LogP contribution in [0.4, 0.5) is 10.8 Å². The molecule has 0 radical (unpaired) electrons. The molecule has 1 atom stereocenters. The Morgan fingerprint density at radius 2 is 2.41 bits per heavy atom. The molecule has 1 amide bonds. The third-order valence-electron chi connectivity index (χ3n) is 3.52. The number of ether oxygens (including phenoxy) is 1. The summed E-state index contributed by atoms with van der Waals surface area (Å²) in [5.74, 6) is -0.149. The molecule has 0 aliphatic carbocycles. The minimum absolute atomic E-state index is 0.146. The fraction of sp³-hybridized carbons (Fsp3) is 0.375. The maximum Gasteiger partial charge on any atom is 0.270 e. The highest BCUT2D eigenvalue weighted by molar-refractivity contribution is 7.14. The standard InChI is InChI=1S/C16H19N3O2S/c1-11-4-2-5-12(8-11)18-16-19-14(10-22-16)15(20)17-9-13-6-3-7-21-13/h2,4-5,8,10,13H,3,6-7,9H2,1H3,(H,17,20)(H,18,19). The number of amides is 1. The van der Waals surface area contributed by atoms with E-state index in [4.69, 9.17) is 4.74 Å². The van der Waals surface area contributed by atoms with Crippen LogP contribution in [0.25, 0.3) is 0 Å². The lowest BCUT2D eigenvalue weighted by Gasteiger charge is -2.09. The molecule has 1 unspecified atom stereocenters. The lowest BCUT2D eigenvalue weighted by Crippen LogP contribution is -2.31. The van der Waals surface area contributed by atoms with E-state index >= 15 is 0 Å². The average molecular weight is 317 g/mol. The Balaban J connectivity index is 1.57. The fourth-order valence-corrected chi connectivity index (χ4v) is 3.09. The number of anilines is 2. The van der Waals surface area contributed by atoms with Gasteiger partial charge in [0, 0.05) is 24.2 Å². The number of thiazole rings is 1. The van der Waals surface area contributed by atoms with Crippen LogP contribution in [0.3, 0.4) is 0 Å². The number of rotatable bonds is 5. The first-order chi connectivity index (χ1) is 10.7. The second kappa shape index (κ2) is 6.89. The third kappa shape index (κ3) is 3.84. The predicted molar refractivity (Wildman–Crippen MR) is 87.9 cm³/mol. The molecule has 1 aliphatic rings. The van der Waals surface area contributed by atoms with E-state index in [1.54, 1.807) is 5.38 Å². The second-order valence-electron chi connectivity index (χ2n) is 5.38. The highest BCUT2D eigenvalue weighted by Gasteiger charge is 2.17. The smallest absolute Gasteiger partial charge is 0.270 e. The van der Waals surface area contributed by atoms with Crippen molar-refractivity contribution in [3.63, 3.8) is 0 Å². The van der Waals surface area contributed by atoms with Crippen LogP contribution in [0.2, 0.25) is 0 Å². The van der Waals surface area contributed by atoms with Gasteiger partial charge in [-0.15, -0.1) is 11.3 Å². The molecule has 1 fully saturated rings. The van der Waals surface area contributed by atoms with Gasteiger partial charge in [0.15, 0.2) is 5.13 Å². The highest BCUT2D eigenvalue weighted by Crippen LogP contribution is 2.21. The van der Waals surface area contributed by atoms with Gasteiger partial charge in [-0.05, 0) is 37.5 Å². The third-order valence-corrected chi connectivity index (χ3v) is 4.28. The molecule has 1 aliphatic heterocycles. The Morgan fingerprint density at radius 1 is 1.50 bits per heavy atom. The number of nitrogens with zero attached hydrogens (tertiary/aromatic N) is 1. The molecule has 1 aromatic carbocycles. The summed E-state index contributed by atoms with van der Waals surface area (Å²) < 4.78 is 5.49. The number of carbonyl (C=O) groups is 1. The van der Waals surface area contributed by atoms with Crippen molar-refractivity contribution in [2.45, 2.75) is 25.9 Å². The maximum absolute atomic E-state index is 12.1. The van der Waals surface area contributed by atoms with Gasteiger partial charge in [-0.2, -0.15) is 0 Å². The van der Waals surface area contributed by atoms with Gasteiger partial charge < -0.3 is 15.4 Å². The molecule has 0 bridgehead atoms. The molecular formula is C16H19N3O2S. The van der Waals surface area contributed by atoms with Gasteiger partial charge in [-0.3, -0.25) is 4.79 Å². The van der Waals surface area contributed by atoms with E-state index in [-0.39, 0.29) is 12.0 Å². The highest BCUT2D eigenvalue weighted by atomic mass is 32.1. The predicted octanol–water partition coefficient (Wildman–Crippen LogP) is 3.10. The molecule has 2 aromatic rings. The minimum Gasteiger partial charge on any atom is -0.376 e. The topological polar surface area (TPSA) is 63.2 Å². The summed E-state index contributed by atoms with van der Waals surface area (Å²) in [5.41, 5.74) is 2.59. The number of nitrogens with one attached hydrogen (secondary N) is 2. The van der Waals surface area contributed by atoms with Gasteiger partial charge in [-0.25, -0.2) is 4.98 Å². The zero-order valence-electron chi connectivity index (χ0n) is 12.5. The number of hydrogen-bond acceptors (Lipinski definition) is 5. The van der Waals surface area contributed by atoms with E-state index in [2.05, 4.69) is 15.6 Å². The van der Waals surface area contributed by atoms with Crippen LogP contribution >= 0.6 is 11.3 Å². The van der Waals surface area contributed by atoms with Crippen LogP contribution in [-0.4, -0.2) is 30.1 Å². The van der Waals surface area contributed by atoms with Crippen molar-refractivity contribution < 1.29 is 9.53 Å². The van der Waals surface area contributed by atoms with E-state index in [9.17, 15) is 4.79 Å². The second-order valence-corrected chi connectivity index (χ2v) is 6.24. The monoisotopic (exact) mass is 317 g/mol. The fourth-order valence-electron chi connectivity index (χ4n) is 2.38. The van der Waals surface area contributed by atoms with Crippen LogP contribution in [0.15, 0.2) is 29.6 Å². The number of carbonyl (C=O) groups excluding carboxylic acids is 1. The summed E-state index contributed by atoms with van der Waals surface area (Å²) in [6, 6.07) is 8.04. The quantitative estimate of drug-likeness (QED) is 0.889. The van der Waals surface area contributed by atoms with Crippen molar-refractivity contribution >= 4 is 28.1 Å². The van der Waals surface area contributed by atoms with Gasteiger partial charge in [0.1, 0.15) is 5.69 Å². The zero-order chi connectivity index (χ0) is 15.4. The van der Waals surface area contributed by atoms with E-state index in [0.29, 0.717) is 17.4 Å². The number of benzene rings is 1. The van der Waals surface area contributed by atoms with E-state index < -0.39 is 0 Å². The molecule has 2 heterocycles. The van der Waals surface area contributed by atoms with Gasteiger partial charge in [0.05, 0.1) is 6.10 Å². The average Bonchev–Trinajstić information content (AvgIpc) is 3.16. The zero-order valence-corrected chi connectivity index (χ0v) is 13.3. The molecular weight excluding hydrogens is 298 g/mol. The molecule has 116 valence electrons. The Bertz CT molecular complexity index is 650. The normalized spacial score (nSPS) is 17.4. The first kappa shape index (κ1) is 15.0. The van der Waals surface area contributed by atoms with Crippen molar-refractivity contribution in [3.8, 4) is 0 Å². The van der Waals surface area contributed by atoms with Crippen molar-refractivity contribution in [2.75, 3.05) is 18.5 Å². The number of hydrogen-bond donors (Lipinski definition) is 2. The summed E-state index contributed by atoms with van der Waals surface area (Å²) in [5, 5.41) is 8.58. The van der Waals surface area contributed by atoms with Gasteiger partial charge >= 0.3 is 0 Å². The van der Waals surface area contributed by atoms with Crippen LogP contribution < -0.4 is 10.6 Å². The molecule has 5 nitrogen and oxygen atoms in total. The first-order valence-corrected chi connectivity index (χ1v) is 8.28. The minimum atomic E-state index is -0.149. The number of aryl methyl sites for hydroxylation is 1.